The lowest BCUT2D eigenvalue weighted by Gasteiger charge is -2.25. The van der Waals surface area contributed by atoms with Gasteiger partial charge in [-0.1, -0.05) is 207 Å². The monoisotopic (exact) mass is 686 g/mol. The Morgan fingerprint density at radius 1 is 0.278 bits per heavy atom. The molecule has 0 radical (unpaired) electrons. The lowest BCUT2D eigenvalue weighted by Crippen LogP contribution is -1.98. The van der Waals surface area contributed by atoms with Gasteiger partial charge in [0.25, 0.3) is 0 Å². The van der Waals surface area contributed by atoms with E-state index in [9.17, 15) is 0 Å². The molecule has 0 heterocycles. The minimum atomic E-state index is 1.10. The summed E-state index contributed by atoms with van der Waals surface area (Å²) in [5.74, 6) is 0. The van der Waals surface area contributed by atoms with Crippen LogP contribution in [0.5, 0.6) is 0 Å². The average molecular weight is 687 g/mol. The molecule has 0 nitrogen and oxygen atoms in total. The Balaban J connectivity index is 1.49. The second-order valence-electron chi connectivity index (χ2n) is 13.7. The third kappa shape index (κ3) is 5.75. The van der Waals surface area contributed by atoms with Crippen molar-refractivity contribution < 1.29 is 0 Å². The zero-order valence-electron chi connectivity index (χ0n) is 30.0. The summed E-state index contributed by atoms with van der Waals surface area (Å²) in [5.41, 5.74) is 16.3. The highest BCUT2D eigenvalue weighted by molar-refractivity contribution is 6.15. The van der Waals surface area contributed by atoms with E-state index in [1.807, 2.05) is 12.2 Å². The van der Waals surface area contributed by atoms with Crippen molar-refractivity contribution in [3.8, 4) is 66.8 Å². The second-order valence-corrected chi connectivity index (χ2v) is 13.7. The van der Waals surface area contributed by atoms with Crippen molar-refractivity contribution >= 4 is 33.7 Å². The fourth-order valence-electron chi connectivity index (χ4n) is 8.18. The van der Waals surface area contributed by atoms with E-state index in [0.29, 0.717) is 0 Å². The maximum Gasteiger partial charge on any atom is -0.00199 e. The van der Waals surface area contributed by atoms with E-state index < -0.39 is 0 Å². The lowest BCUT2D eigenvalue weighted by atomic mass is 9.78. The molecule has 54 heavy (non-hydrogen) atoms. The SMILES string of the molecule is C=Cc1ccc(-c2ccc3cc4ccccc4cc3c2-c2ccc(C=C)c(-c3ccccc3)c2-c2ccccc2)c(-c2ccccc2)c1-c1ccccc1. The third-order valence-corrected chi connectivity index (χ3v) is 10.6. The first-order valence-electron chi connectivity index (χ1n) is 18.5. The Morgan fingerprint density at radius 2 is 0.648 bits per heavy atom. The number of benzene rings is 9. The predicted molar refractivity (Wildman–Crippen MR) is 234 cm³/mol. The smallest absolute Gasteiger partial charge is 0.00199 e. The summed E-state index contributed by atoms with van der Waals surface area (Å²) >= 11 is 0. The Bertz CT molecular complexity index is 2810. The fourth-order valence-corrected chi connectivity index (χ4v) is 8.18. The van der Waals surface area contributed by atoms with Gasteiger partial charge in [0.1, 0.15) is 0 Å². The van der Waals surface area contributed by atoms with Gasteiger partial charge in [0.2, 0.25) is 0 Å². The van der Waals surface area contributed by atoms with Gasteiger partial charge in [0, 0.05) is 0 Å². The molecule has 0 spiro atoms. The standard InChI is InChI=1S/C54H38/c1-3-37-29-32-46(52(41-23-13-7-14-24-41)50(37)39-19-9-5-10-20-39)47-33-31-45-35-43-27-17-18-28-44(43)36-49(45)54(47)48-34-30-38(4-2)51(40-21-11-6-12-22-40)53(48)42-25-15-8-16-26-42/h3-36H,1-2H2. The van der Waals surface area contributed by atoms with E-state index in [4.69, 9.17) is 0 Å². The number of rotatable bonds is 8. The highest BCUT2D eigenvalue weighted by Crippen LogP contribution is 2.51. The molecule has 9 aromatic carbocycles. The van der Waals surface area contributed by atoms with Crippen LogP contribution in [0.3, 0.4) is 0 Å². The first kappa shape index (κ1) is 32.9. The van der Waals surface area contributed by atoms with E-state index in [-0.39, 0.29) is 0 Å². The van der Waals surface area contributed by atoms with Gasteiger partial charge in [-0.25, -0.2) is 0 Å². The highest BCUT2D eigenvalue weighted by atomic mass is 14.3. The summed E-state index contributed by atoms with van der Waals surface area (Å²) in [7, 11) is 0. The predicted octanol–water partition coefficient (Wildman–Crippen LogP) is 15.3. The Labute approximate surface area is 317 Å². The van der Waals surface area contributed by atoms with E-state index in [1.165, 1.54) is 66.1 Å². The van der Waals surface area contributed by atoms with Crippen molar-refractivity contribution in [3.05, 3.63) is 218 Å². The molecule has 0 aliphatic carbocycles. The van der Waals surface area contributed by atoms with Crippen molar-refractivity contribution in [3.63, 3.8) is 0 Å². The summed E-state index contributed by atoms with van der Waals surface area (Å²) in [6.45, 7) is 8.58. The molecule has 0 atom stereocenters. The Hall–Kier alpha value is -7.02. The van der Waals surface area contributed by atoms with E-state index in [2.05, 4.69) is 207 Å². The van der Waals surface area contributed by atoms with Crippen LogP contribution < -0.4 is 0 Å². The molecule has 0 unspecified atom stereocenters. The number of hydrogen-bond acceptors (Lipinski definition) is 0. The molecule has 0 aromatic heterocycles. The molecule has 0 amide bonds. The molecule has 0 saturated carbocycles. The van der Waals surface area contributed by atoms with Gasteiger partial charge in [0.05, 0.1) is 0 Å². The van der Waals surface area contributed by atoms with Crippen molar-refractivity contribution in [1.82, 2.24) is 0 Å². The molecule has 9 rings (SSSR count). The third-order valence-electron chi connectivity index (χ3n) is 10.6. The number of hydrogen-bond donors (Lipinski definition) is 0. The Morgan fingerprint density at radius 3 is 1.13 bits per heavy atom. The van der Waals surface area contributed by atoms with Crippen LogP contribution in [-0.4, -0.2) is 0 Å². The van der Waals surface area contributed by atoms with Crippen LogP contribution in [0.2, 0.25) is 0 Å². The van der Waals surface area contributed by atoms with Crippen LogP contribution >= 0.6 is 0 Å². The summed E-state index contributed by atoms with van der Waals surface area (Å²) in [6, 6.07) is 70.3. The molecule has 0 aliphatic rings. The van der Waals surface area contributed by atoms with Crippen LogP contribution in [0, 0.1) is 0 Å². The van der Waals surface area contributed by atoms with Crippen LogP contribution in [0.4, 0.5) is 0 Å². The van der Waals surface area contributed by atoms with Crippen molar-refractivity contribution in [2.75, 3.05) is 0 Å². The van der Waals surface area contributed by atoms with Gasteiger partial charge in [-0.2, -0.15) is 0 Å². The highest BCUT2D eigenvalue weighted by Gasteiger charge is 2.24. The maximum atomic E-state index is 4.30. The van der Waals surface area contributed by atoms with E-state index in [0.717, 1.165) is 33.4 Å². The molecule has 0 fully saturated rings. The summed E-state index contributed by atoms with van der Waals surface area (Å²) < 4.78 is 0. The molecule has 0 N–H and O–H groups in total. The quantitative estimate of drug-likeness (QED) is 0.140. The molecule has 0 bridgehead atoms. The normalized spacial score (nSPS) is 11.1. The first-order chi connectivity index (χ1) is 26.7. The Kier molecular flexibility index (Phi) is 8.63. The van der Waals surface area contributed by atoms with Crippen LogP contribution in [0.25, 0.3) is 100 Å². The summed E-state index contributed by atoms with van der Waals surface area (Å²) in [5, 5.41) is 4.85. The number of fused-ring (bicyclic) bond motifs is 2. The first-order valence-corrected chi connectivity index (χ1v) is 18.5. The minimum Gasteiger partial charge on any atom is -0.0984 e. The average Bonchev–Trinajstić information content (AvgIpc) is 3.25. The van der Waals surface area contributed by atoms with Crippen LogP contribution in [-0.2, 0) is 0 Å². The van der Waals surface area contributed by atoms with E-state index >= 15 is 0 Å². The van der Waals surface area contributed by atoms with Gasteiger partial charge in [-0.3, -0.25) is 0 Å². The fraction of sp³-hybridized carbons (Fsp3) is 0. The molecule has 0 aliphatic heterocycles. The molecule has 254 valence electrons. The van der Waals surface area contributed by atoms with E-state index in [1.54, 1.807) is 0 Å². The lowest BCUT2D eigenvalue weighted by molar-refractivity contribution is 1.53. The van der Waals surface area contributed by atoms with Gasteiger partial charge in [0.15, 0.2) is 0 Å². The minimum absolute atomic E-state index is 1.10. The molecular weight excluding hydrogens is 649 g/mol. The van der Waals surface area contributed by atoms with Gasteiger partial charge in [-0.15, -0.1) is 0 Å². The van der Waals surface area contributed by atoms with Crippen molar-refractivity contribution in [1.29, 1.82) is 0 Å². The zero-order chi connectivity index (χ0) is 36.4. The molecule has 0 saturated heterocycles. The topological polar surface area (TPSA) is 0 Å². The largest absolute Gasteiger partial charge is 0.0984 e. The van der Waals surface area contributed by atoms with Crippen molar-refractivity contribution in [2.45, 2.75) is 0 Å². The van der Waals surface area contributed by atoms with Gasteiger partial charge < -0.3 is 0 Å². The molecular formula is C54H38. The maximum absolute atomic E-state index is 4.30. The van der Waals surface area contributed by atoms with Crippen LogP contribution in [0.15, 0.2) is 207 Å². The summed E-state index contributed by atoms with van der Waals surface area (Å²) in [6.07, 6.45) is 3.98. The van der Waals surface area contributed by atoms with Crippen LogP contribution in [0.1, 0.15) is 11.1 Å². The zero-order valence-corrected chi connectivity index (χ0v) is 30.0. The second kappa shape index (κ2) is 14.2. The van der Waals surface area contributed by atoms with Gasteiger partial charge in [-0.05, 0) is 112 Å². The summed E-state index contributed by atoms with van der Waals surface area (Å²) in [4.78, 5) is 0. The molecule has 9 aromatic rings. The molecule has 0 heteroatoms. The van der Waals surface area contributed by atoms with Gasteiger partial charge >= 0.3 is 0 Å². The van der Waals surface area contributed by atoms with Crippen molar-refractivity contribution in [2.24, 2.45) is 0 Å².